The van der Waals surface area contributed by atoms with Gasteiger partial charge in [-0.2, -0.15) is 0 Å². The number of aryl methyl sites for hydroxylation is 1. The Balaban J connectivity index is 1.78. The van der Waals surface area contributed by atoms with Crippen molar-refractivity contribution in [1.82, 2.24) is 9.47 Å². The minimum Gasteiger partial charge on any atom is -0.497 e. The SMILES string of the molecule is C=C[C@H]1CN2CC[C@H]1C[C@H]2[C@H](O)c1cc(=O)n(C)c2ccc(OC)cc12. The van der Waals surface area contributed by atoms with Crippen LogP contribution in [-0.4, -0.2) is 40.8 Å². The molecule has 3 fully saturated rings. The van der Waals surface area contributed by atoms with E-state index in [-0.39, 0.29) is 11.6 Å². The van der Waals surface area contributed by atoms with Crippen molar-refractivity contribution in [3.63, 3.8) is 0 Å². The van der Waals surface area contributed by atoms with Crippen LogP contribution in [0.4, 0.5) is 0 Å². The number of pyridine rings is 1. The second-order valence-electron chi connectivity index (χ2n) is 7.57. The van der Waals surface area contributed by atoms with Gasteiger partial charge in [-0.05, 0) is 55.0 Å². The Hall–Kier alpha value is -2.11. The molecule has 0 radical (unpaired) electrons. The summed E-state index contributed by atoms with van der Waals surface area (Å²) in [7, 11) is 3.38. The average molecular weight is 354 g/mol. The maximum atomic E-state index is 12.4. The van der Waals surface area contributed by atoms with Crippen molar-refractivity contribution >= 4 is 10.9 Å². The predicted octanol–water partition coefficient (Wildman–Crippen LogP) is 2.48. The summed E-state index contributed by atoms with van der Waals surface area (Å²) in [4.78, 5) is 14.8. The lowest BCUT2D eigenvalue weighted by Crippen LogP contribution is -2.55. The Labute approximate surface area is 153 Å². The zero-order chi connectivity index (χ0) is 18.4. The number of rotatable bonds is 4. The summed E-state index contributed by atoms with van der Waals surface area (Å²) in [5, 5.41) is 12.1. The predicted molar refractivity (Wildman–Crippen MR) is 102 cm³/mol. The van der Waals surface area contributed by atoms with Crippen molar-refractivity contribution in [2.24, 2.45) is 18.9 Å². The van der Waals surface area contributed by atoms with E-state index in [1.54, 1.807) is 24.8 Å². The van der Waals surface area contributed by atoms with Crippen LogP contribution in [0, 0.1) is 11.8 Å². The molecule has 2 bridgehead atoms. The third-order valence-electron chi connectivity index (χ3n) is 6.32. The number of hydrogen-bond donors (Lipinski definition) is 1. The Kier molecular flexibility index (Phi) is 4.37. The van der Waals surface area contributed by atoms with E-state index in [1.165, 1.54) is 0 Å². The third kappa shape index (κ3) is 2.66. The first-order valence-corrected chi connectivity index (χ1v) is 9.26. The summed E-state index contributed by atoms with van der Waals surface area (Å²) in [6.45, 7) is 5.91. The van der Waals surface area contributed by atoms with Crippen LogP contribution in [0.25, 0.3) is 10.9 Å². The van der Waals surface area contributed by atoms with Gasteiger partial charge in [-0.3, -0.25) is 9.69 Å². The van der Waals surface area contributed by atoms with E-state index in [0.717, 1.165) is 42.6 Å². The molecule has 1 aromatic heterocycles. The summed E-state index contributed by atoms with van der Waals surface area (Å²) in [5.41, 5.74) is 1.42. The monoisotopic (exact) mass is 354 g/mol. The highest BCUT2D eigenvalue weighted by Crippen LogP contribution is 2.42. The second-order valence-corrected chi connectivity index (χ2v) is 7.57. The van der Waals surface area contributed by atoms with Gasteiger partial charge in [0, 0.05) is 31.1 Å². The van der Waals surface area contributed by atoms with Crippen molar-refractivity contribution in [2.45, 2.75) is 25.0 Å². The molecule has 5 rings (SSSR count). The molecular formula is C21H26N2O3. The highest BCUT2D eigenvalue weighted by Gasteiger charge is 2.42. The van der Waals surface area contributed by atoms with Crippen LogP contribution in [0.3, 0.4) is 0 Å². The number of piperidine rings is 3. The van der Waals surface area contributed by atoms with E-state index >= 15 is 0 Å². The summed E-state index contributed by atoms with van der Waals surface area (Å²) in [6.07, 6.45) is 3.47. The Morgan fingerprint density at radius 1 is 1.38 bits per heavy atom. The van der Waals surface area contributed by atoms with Crippen molar-refractivity contribution < 1.29 is 9.84 Å². The molecular weight excluding hydrogens is 328 g/mol. The minimum absolute atomic E-state index is 0.0476. The van der Waals surface area contributed by atoms with Gasteiger partial charge in [-0.1, -0.05) is 6.08 Å². The topological polar surface area (TPSA) is 54.7 Å². The highest BCUT2D eigenvalue weighted by molar-refractivity contribution is 5.84. The van der Waals surface area contributed by atoms with Crippen LogP contribution < -0.4 is 10.3 Å². The van der Waals surface area contributed by atoms with Crippen LogP contribution in [0.5, 0.6) is 5.75 Å². The average Bonchev–Trinajstić information content (AvgIpc) is 2.69. The molecule has 1 aromatic carbocycles. The third-order valence-corrected chi connectivity index (χ3v) is 6.32. The van der Waals surface area contributed by atoms with E-state index < -0.39 is 6.10 Å². The maximum Gasteiger partial charge on any atom is 0.251 e. The van der Waals surface area contributed by atoms with Gasteiger partial charge in [0.2, 0.25) is 0 Å². The lowest BCUT2D eigenvalue weighted by molar-refractivity contribution is -0.0445. The van der Waals surface area contributed by atoms with Gasteiger partial charge in [0.1, 0.15) is 5.75 Å². The Morgan fingerprint density at radius 3 is 2.85 bits per heavy atom. The van der Waals surface area contributed by atoms with Crippen molar-refractivity contribution in [3.8, 4) is 5.75 Å². The normalized spacial score (nSPS) is 28.9. The van der Waals surface area contributed by atoms with Gasteiger partial charge in [-0.15, -0.1) is 6.58 Å². The Bertz CT molecular complexity index is 904. The molecule has 0 amide bonds. The zero-order valence-electron chi connectivity index (χ0n) is 15.4. The first-order chi connectivity index (χ1) is 12.5. The number of aromatic nitrogens is 1. The van der Waals surface area contributed by atoms with Crippen molar-refractivity contribution in [3.05, 3.63) is 52.8 Å². The van der Waals surface area contributed by atoms with Crippen LogP contribution in [0.15, 0.2) is 41.7 Å². The number of aliphatic hydroxyl groups is 1. The molecule has 5 nitrogen and oxygen atoms in total. The molecule has 2 aromatic rings. The molecule has 26 heavy (non-hydrogen) atoms. The lowest BCUT2D eigenvalue weighted by atomic mass is 9.73. The highest BCUT2D eigenvalue weighted by atomic mass is 16.5. The molecule has 5 heteroatoms. The van der Waals surface area contributed by atoms with Gasteiger partial charge < -0.3 is 14.4 Å². The van der Waals surface area contributed by atoms with Crippen molar-refractivity contribution in [2.75, 3.05) is 20.2 Å². The molecule has 3 saturated heterocycles. The van der Waals surface area contributed by atoms with E-state index in [1.807, 2.05) is 18.2 Å². The molecule has 0 aliphatic carbocycles. The van der Waals surface area contributed by atoms with Gasteiger partial charge in [0.25, 0.3) is 5.56 Å². The van der Waals surface area contributed by atoms with E-state index in [4.69, 9.17) is 4.74 Å². The number of benzene rings is 1. The number of aliphatic hydroxyl groups excluding tert-OH is 1. The molecule has 1 N–H and O–H groups in total. The van der Waals surface area contributed by atoms with Gasteiger partial charge >= 0.3 is 0 Å². The summed E-state index contributed by atoms with van der Waals surface area (Å²) < 4.78 is 6.98. The molecule has 138 valence electrons. The number of ether oxygens (including phenoxy) is 1. The van der Waals surface area contributed by atoms with Gasteiger partial charge in [0.15, 0.2) is 0 Å². The molecule has 1 unspecified atom stereocenters. The lowest BCUT2D eigenvalue weighted by Gasteiger charge is -2.50. The van der Waals surface area contributed by atoms with Crippen LogP contribution in [0.2, 0.25) is 0 Å². The Morgan fingerprint density at radius 2 is 2.19 bits per heavy atom. The summed E-state index contributed by atoms with van der Waals surface area (Å²) in [6, 6.07) is 7.27. The standard InChI is InChI=1S/C21H26N2O3/c1-4-13-12-23-8-7-14(13)9-19(23)21(25)17-11-20(24)22(2)18-6-5-15(26-3)10-16(17)18/h4-6,10-11,13-14,19,21,25H,1,7-9,12H2,2-3H3/t13-,14-,19-,21+/m0/s1. The minimum atomic E-state index is -0.688. The van der Waals surface area contributed by atoms with Gasteiger partial charge in [0.05, 0.1) is 18.7 Å². The molecule has 3 aliphatic rings. The first kappa shape index (κ1) is 17.3. The zero-order valence-corrected chi connectivity index (χ0v) is 15.4. The number of nitrogens with zero attached hydrogens (tertiary/aromatic N) is 2. The molecule has 5 atom stereocenters. The van der Waals surface area contributed by atoms with Crippen molar-refractivity contribution in [1.29, 1.82) is 0 Å². The number of methoxy groups -OCH3 is 1. The van der Waals surface area contributed by atoms with E-state index in [0.29, 0.717) is 17.4 Å². The van der Waals surface area contributed by atoms with Crippen LogP contribution in [-0.2, 0) is 7.05 Å². The molecule has 3 aliphatic heterocycles. The smallest absolute Gasteiger partial charge is 0.251 e. The molecule has 4 heterocycles. The number of fused-ring (bicyclic) bond motifs is 4. The van der Waals surface area contributed by atoms with Gasteiger partial charge in [-0.25, -0.2) is 0 Å². The van der Waals surface area contributed by atoms with Crippen LogP contribution in [0.1, 0.15) is 24.5 Å². The quantitative estimate of drug-likeness (QED) is 0.857. The fraction of sp³-hybridized carbons (Fsp3) is 0.476. The second kappa shape index (κ2) is 6.56. The summed E-state index contributed by atoms with van der Waals surface area (Å²) >= 11 is 0. The molecule has 0 saturated carbocycles. The van der Waals surface area contributed by atoms with E-state index in [9.17, 15) is 9.90 Å². The van der Waals surface area contributed by atoms with E-state index in [2.05, 4.69) is 17.6 Å². The fourth-order valence-corrected chi connectivity index (χ4v) is 4.75. The largest absolute Gasteiger partial charge is 0.497 e. The number of hydrogen-bond acceptors (Lipinski definition) is 4. The summed E-state index contributed by atoms with van der Waals surface area (Å²) in [5.74, 6) is 1.80. The molecule has 0 spiro atoms. The first-order valence-electron chi connectivity index (χ1n) is 9.26. The van der Waals surface area contributed by atoms with Crippen LogP contribution >= 0.6 is 0 Å². The fourth-order valence-electron chi connectivity index (χ4n) is 4.75. The maximum absolute atomic E-state index is 12.4.